The number of nitriles is 1. The maximum atomic E-state index is 14.6. The van der Waals surface area contributed by atoms with Crippen LogP contribution in [0.3, 0.4) is 0 Å². The molecule has 3 heterocycles. The van der Waals surface area contributed by atoms with E-state index < -0.39 is 11.6 Å². The summed E-state index contributed by atoms with van der Waals surface area (Å²) in [5.74, 6) is 0.824. The van der Waals surface area contributed by atoms with Gasteiger partial charge in [0.15, 0.2) is 5.82 Å². The number of thioether (sulfide) groups is 1. The average molecular weight is 475 g/mol. The standard InChI is InChI=1S/C24H15F2N5O2S/c1-14-28-29-24-31(14)30-23(20-9-4-16(25)10-21(20)26)22(34-24)11-18-7-8-19(33-18)13-32-17-5-2-15(12-27)3-6-17/h2-11H,13H2,1H3. The molecule has 0 fully saturated rings. The van der Waals surface area contributed by atoms with Crippen LogP contribution in [0.1, 0.15) is 28.5 Å². The number of fused-ring (bicyclic) bond motifs is 1. The molecule has 5 rings (SSSR count). The van der Waals surface area contributed by atoms with Crippen LogP contribution in [-0.2, 0) is 6.61 Å². The fraction of sp³-hybridized carbons (Fsp3) is 0.0833. The van der Waals surface area contributed by atoms with Gasteiger partial charge in [-0.25, -0.2) is 8.78 Å². The lowest BCUT2D eigenvalue weighted by molar-refractivity contribution is 0.269. The fourth-order valence-electron chi connectivity index (χ4n) is 3.24. The van der Waals surface area contributed by atoms with E-state index in [0.29, 0.717) is 44.4 Å². The van der Waals surface area contributed by atoms with Crippen LogP contribution in [-0.4, -0.2) is 20.6 Å². The summed E-state index contributed by atoms with van der Waals surface area (Å²) >= 11 is 1.25. The van der Waals surface area contributed by atoms with E-state index in [1.165, 1.54) is 28.6 Å². The Labute approximate surface area is 197 Å². The number of furan rings is 1. The predicted octanol–water partition coefficient (Wildman–Crippen LogP) is 5.31. The SMILES string of the molecule is Cc1nnc2n1N=C(c1ccc(F)cc1F)C(=Cc1ccc(COc3ccc(C#N)cc3)o1)S2. The zero-order chi connectivity index (χ0) is 23.7. The van der Waals surface area contributed by atoms with Crippen LogP contribution < -0.4 is 4.74 Å². The summed E-state index contributed by atoms with van der Waals surface area (Å²) in [6.45, 7) is 1.92. The molecule has 0 spiro atoms. The number of aromatic nitrogens is 3. The van der Waals surface area contributed by atoms with E-state index in [-0.39, 0.29) is 12.2 Å². The summed E-state index contributed by atoms with van der Waals surface area (Å²) in [7, 11) is 0. The number of halogens is 2. The predicted molar refractivity (Wildman–Crippen MR) is 121 cm³/mol. The van der Waals surface area contributed by atoms with Gasteiger partial charge < -0.3 is 9.15 Å². The molecule has 2 aromatic carbocycles. The monoisotopic (exact) mass is 475 g/mol. The van der Waals surface area contributed by atoms with Crippen molar-refractivity contribution < 1.29 is 17.9 Å². The Morgan fingerprint density at radius 1 is 1.12 bits per heavy atom. The summed E-state index contributed by atoms with van der Waals surface area (Å²) in [6, 6.07) is 15.7. The van der Waals surface area contributed by atoms with Crippen molar-refractivity contribution in [1.82, 2.24) is 14.9 Å². The van der Waals surface area contributed by atoms with Gasteiger partial charge in [0.1, 0.15) is 41.2 Å². The molecule has 0 saturated carbocycles. The van der Waals surface area contributed by atoms with Crippen molar-refractivity contribution in [1.29, 1.82) is 5.26 Å². The van der Waals surface area contributed by atoms with Gasteiger partial charge in [-0.15, -0.1) is 10.2 Å². The number of nitrogens with zero attached hydrogens (tertiary/aromatic N) is 5. The molecule has 0 unspecified atom stereocenters. The Morgan fingerprint density at radius 2 is 1.94 bits per heavy atom. The van der Waals surface area contributed by atoms with Crippen molar-refractivity contribution in [2.24, 2.45) is 5.10 Å². The second kappa shape index (κ2) is 8.96. The maximum absolute atomic E-state index is 14.6. The van der Waals surface area contributed by atoms with Gasteiger partial charge >= 0.3 is 0 Å². The van der Waals surface area contributed by atoms with E-state index in [0.717, 1.165) is 6.07 Å². The van der Waals surface area contributed by atoms with E-state index in [4.69, 9.17) is 14.4 Å². The Kier molecular flexibility index (Phi) is 5.69. The molecule has 0 atom stereocenters. The molecule has 0 N–H and O–H groups in total. The normalized spacial score (nSPS) is 13.9. The molecule has 0 bridgehead atoms. The average Bonchev–Trinajstić information content (AvgIpc) is 3.44. The Bertz CT molecular complexity index is 1480. The minimum atomic E-state index is -0.727. The highest BCUT2D eigenvalue weighted by molar-refractivity contribution is 8.04. The van der Waals surface area contributed by atoms with Crippen molar-refractivity contribution in [3.05, 3.63) is 99.6 Å². The minimum absolute atomic E-state index is 0.148. The van der Waals surface area contributed by atoms with Crippen LogP contribution in [0, 0.1) is 29.9 Å². The first-order valence-corrected chi connectivity index (χ1v) is 10.9. The second-order valence-electron chi connectivity index (χ2n) is 7.25. The van der Waals surface area contributed by atoms with Crippen LogP contribution in [0.25, 0.3) is 6.08 Å². The molecule has 10 heteroatoms. The highest BCUT2D eigenvalue weighted by atomic mass is 32.2. The maximum Gasteiger partial charge on any atom is 0.216 e. The molecule has 34 heavy (non-hydrogen) atoms. The van der Waals surface area contributed by atoms with Crippen molar-refractivity contribution >= 4 is 23.5 Å². The zero-order valence-corrected chi connectivity index (χ0v) is 18.5. The largest absolute Gasteiger partial charge is 0.486 e. The second-order valence-corrected chi connectivity index (χ2v) is 8.26. The van der Waals surface area contributed by atoms with Gasteiger partial charge in [-0.05, 0) is 73.3 Å². The van der Waals surface area contributed by atoms with E-state index in [9.17, 15) is 8.78 Å². The third-order valence-corrected chi connectivity index (χ3v) is 5.88. The Morgan fingerprint density at radius 3 is 2.71 bits per heavy atom. The van der Waals surface area contributed by atoms with Gasteiger partial charge in [-0.2, -0.15) is 15.0 Å². The zero-order valence-electron chi connectivity index (χ0n) is 17.7. The number of hydrogen-bond acceptors (Lipinski definition) is 7. The first-order valence-electron chi connectivity index (χ1n) is 10.1. The van der Waals surface area contributed by atoms with Crippen molar-refractivity contribution in [2.75, 3.05) is 0 Å². The highest BCUT2D eigenvalue weighted by Gasteiger charge is 2.25. The molecular weight excluding hydrogens is 460 g/mol. The topological polar surface area (TPSA) is 89.2 Å². The summed E-state index contributed by atoms with van der Waals surface area (Å²) in [4.78, 5) is 0.569. The number of benzene rings is 2. The van der Waals surface area contributed by atoms with Gasteiger partial charge in [-0.1, -0.05) is 0 Å². The summed E-state index contributed by atoms with van der Waals surface area (Å²) < 4.78 is 41.2. The van der Waals surface area contributed by atoms with Crippen LogP contribution in [0.5, 0.6) is 5.75 Å². The molecule has 2 aromatic heterocycles. The summed E-state index contributed by atoms with van der Waals surface area (Å²) in [6.07, 6.45) is 1.71. The molecule has 0 amide bonds. The van der Waals surface area contributed by atoms with Gasteiger partial charge in [-0.3, -0.25) is 0 Å². The Hall–Kier alpha value is -4.23. The third kappa shape index (κ3) is 4.33. The number of rotatable bonds is 5. The van der Waals surface area contributed by atoms with Gasteiger partial charge in [0.2, 0.25) is 5.16 Å². The molecule has 0 saturated heterocycles. The minimum Gasteiger partial charge on any atom is -0.486 e. The third-order valence-electron chi connectivity index (χ3n) is 4.91. The van der Waals surface area contributed by atoms with Crippen molar-refractivity contribution in [3.8, 4) is 11.8 Å². The first kappa shape index (κ1) is 21.6. The quantitative estimate of drug-likeness (QED) is 0.389. The number of hydrogen-bond donors (Lipinski definition) is 0. The van der Waals surface area contributed by atoms with E-state index in [1.54, 1.807) is 49.4 Å². The lowest BCUT2D eigenvalue weighted by Crippen LogP contribution is -2.14. The van der Waals surface area contributed by atoms with Crippen molar-refractivity contribution in [2.45, 2.75) is 18.7 Å². The molecule has 1 aliphatic rings. The molecule has 1 aliphatic heterocycles. The van der Waals surface area contributed by atoms with Gasteiger partial charge in [0.05, 0.1) is 11.6 Å². The van der Waals surface area contributed by atoms with Crippen LogP contribution in [0.15, 0.2) is 74.2 Å². The van der Waals surface area contributed by atoms with E-state index >= 15 is 0 Å². The molecule has 168 valence electrons. The summed E-state index contributed by atoms with van der Waals surface area (Å²) in [5, 5.41) is 22.0. The van der Waals surface area contributed by atoms with E-state index in [2.05, 4.69) is 21.4 Å². The van der Waals surface area contributed by atoms with Gasteiger partial charge in [0, 0.05) is 16.5 Å². The number of ether oxygens (including phenoxy) is 1. The molecule has 0 aliphatic carbocycles. The van der Waals surface area contributed by atoms with Crippen LogP contribution in [0.2, 0.25) is 0 Å². The van der Waals surface area contributed by atoms with Crippen LogP contribution >= 0.6 is 11.8 Å². The highest BCUT2D eigenvalue weighted by Crippen LogP contribution is 2.35. The first-order chi connectivity index (χ1) is 16.5. The lowest BCUT2D eigenvalue weighted by atomic mass is 10.1. The number of allylic oxidation sites excluding steroid dienone is 1. The smallest absolute Gasteiger partial charge is 0.216 e. The molecule has 0 radical (unpaired) electrons. The Balaban J connectivity index is 1.42. The van der Waals surface area contributed by atoms with Crippen LogP contribution in [0.4, 0.5) is 8.78 Å². The number of aryl methyl sites for hydroxylation is 1. The molecule has 4 aromatic rings. The summed E-state index contributed by atoms with van der Waals surface area (Å²) in [5.41, 5.74) is 1.00. The lowest BCUT2D eigenvalue weighted by Gasteiger charge is -2.16. The van der Waals surface area contributed by atoms with Crippen molar-refractivity contribution in [3.63, 3.8) is 0 Å². The fourth-order valence-corrected chi connectivity index (χ4v) is 4.20. The molecule has 7 nitrogen and oxygen atoms in total. The van der Waals surface area contributed by atoms with Gasteiger partial charge in [0.25, 0.3) is 0 Å². The van der Waals surface area contributed by atoms with E-state index in [1.807, 2.05) is 0 Å². The molecular formula is C24H15F2N5O2S.